The van der Waals surface area contributed by atoms with Gasteiger partial charge in [-0.1, -0.05) is 37.1 Å². The summed E-state index contributed by atoms with van der Waals surface area (Å²) in [4.78, 5) is 4.12. The lowest BCUT2D eigenvalue weighted by Gasteiger charge is -2.29. The number of likely N-dealkylation sites (tertiary alicyclic amines) is 1. The minimum absolute atomic E-state index is 0.336. The van der Waals surface area contributed by atoms with Crippen molar-refractivity contribution < 1.29 is 4.39 Å². The van der Waals surface area contributed by atoms with E-state index in [2.05, 4.69) is 23.2 Å². The molecule has 0 atom stereocenters. The summed E-state index contributed by atoms with van der Waals surface area (Å²) in [7, 11) is 0. The molecule has 0 aromatic heterocycles. The number of nitrogens with zero attached hydrogens (tertiary/aromatic N) is 2. The van der Waals surface area contributed by atoms with Crippen LogP contribution in [0.2, 0.25) is 5.02 Å². The van der Waals surface area contributed by atoms with Crippen molar-refractivity contribution in [3.63, 3.8) is 0 Å². The van der Waals surface area contributed by atoms with E-state index in [1.165, 1.54) is 12.5 Å². The first-order valence-corrected chi connectivity index (χ1v) is 10.7. The fourth-order valence-electron chi connectivity index (χ4n) is 3.68. The molecule has 0 aliphatic carbocycles. The number of piperidine rings is 1. The first-order chi connectivity index (χ1) is 13.6. The van der Waals surface area contributed by atoms with Crippen LogP contribution in [0.5, 0.6) is 0 Å². The van der Waals surface area contributed by atoms with Crippen LogP contribution in [-0.4, -0.2) is 41.8 Å². The van der Waals surface area contributed by atoms with E-state index in [1.54, 1.807) is 6.07 Å². The number of hydrogen-bond acceptors (Lipinski definition) is 3. The minimum atomic E-state index is -0.336. The average Bonchev–Trinajstić information content (AvgIpc) is 3.15. The van der Waals surface area contributed by atoms with Crippen LogP contribution in [0.25, 0.3) is 0 Å². The molecule has 0 bridgehead atoms. The highest BCUT2D eigenvalue weighted by Gasteiger charge is 2.22. The Morgan fingerprint density at radius 3 is 2.75 bits per heavy atom. The highest BCUT2D eigenvalue weighted by Crippen LogP contribution is 2.26. The molecule has 0 spiro atoms. The van der Waals surface area contributed by atoms with Crippen molar-refractivity contribution in [1.29, 1.82) is 5.41 Å². The molecule has 0 radical (unpaired) electrons. The Bertz CT molecular complexity index is 730. The Balaban J connectivity index is 1.73. The minimum Gasteiger partial charge on any atom is -0.370 e. The number of amidine groups is 1. The van der Waals surface area contributed by atoms with Gasteiger partial charge in [0.15, 0.2) is 0 Å². The summed E-state index contributed by atoms with van der Waals surface area (Å²) in [5.74, 6) is 1.03. The maximum absolute atomic E-state index is 14.9. The summed E-state index contributed by atoms with van der Waals surface area (Å²) in [5, 5.41) is 12.2. The molecule has 2 heterocycles. The second-order valence-corrected chi connectivity index (χ2v) is 7.84. The lowest BCUT2D eigenvalue weighted by molar-refractivity contribution is 0.341. The van der Waals surface area contributed by atoms with E-state index < -0.39 is 0 Å². The summed E-state index contributed by atoms with van der Waals surface area (Å²) in [6.07, 6.45) is 11.8. The molecule has 3 rings (SSSR count). The van der Waals surface area contributed by atoms with E-state index in [0.29, 0.717) is 28.5 Å². The van der Waals surface area contributed by atoms with Gasteiger partial charge in [0.1, 0.15) is 17.5 Å². The second-order valence-electron chi connectivity index (χ2n) is 7.43. The van der Waals surface area contributed by atoms with Gasteiger partial charge >= 0.3 is 0 Å². The molecular formula is C22H30ClFN4. The SMILES string of the molecule is CCC/C=C\C=C1/NCCN1Cc1c(F)cc(C(=N)N2CCCCC2)cc1Cl. The molecule has 0 amide bonds. The highest BCUT2D eigenvalue weighted by molar-refractivity contribution is 6.31. The first-order valence-electron chi connectivity index (χ1n) is 10.3. The topological polar surface area (TPSA) is 42.4 Å². The van der Waals surface area contributed by atoms with Gasteiger partial charge in [-0.2, -0.15) is 0 Å². The molecule has 1 aromatic rings. The fourth-order valence-corrected chi connectivity index (χ4v) is 3.95. The normalized spacial score (nSPS) is 18.9. The van der Waals surface area contributed by atoms with Crippen LogP contribution in [0.1, 0.15) is 50.2 Å². The van der Waals surface area contributed by atoms with E-state index >= 15 is 0 Å². The number of rotatable bonds is 6. The number of unbranched alkanes of at least 4 members (excludes halogenated alkanes) is 1. The van der Waals surface area contributed by atoms with Gasteiger partial charge in [0, 0.05) is 48.9 Å². The van der Waals surface area contributed by atoms with Gasteiger partial charge < -0.3 is 15.1 Å². The van der Waals surface area contributed by atoms with Gasteiger partial charge in [-0.15, -0.1) is 0 Å². The van der Waals surface area contributed by atoms with Crippen molar-refractivity contribution in [2.45, 2.75) is 45.6 Å². The molecule has 152 valence electrons. The predicted octanol–water partition coefficient (Wildman–Crippen LogP) is 4.89. The highest BCUT2D eigenvalue weighted by atomic mass is 35.5. The van der Waals surface area contributed by atoms with E-state index in [0.717, 1.165) is 57.7 Å². The van der Waals surface area contributed by atoms with Gasteiger partial charge in [-0.3, -0.25) is 5.41 Å². The van der Waals surface area contributed by atoms with E-state index in [9.17, 15) is 4.39 Å². The van der Waals surface area contributed by atoms with Gasteiger partial charge in [-0.25, -0.2) is 4.39 Å². The Labute approximate surface area is 172 Å². The quantitative estimate of drug-likeness (QED) is 0.523. The van der Waals surface area contributed by atoms with Gasteiger partial charge in [0.2, 0.25) is 0 Å². The fraction of sp³-hybridized carbons (Fsp3) is 0.500. The van der Waals surface area contributed by atoms with E-state index in [-0.39, 0.29) is 5.82 Å². The van der Waals surface area contributed by atoms with Crippen LogP contribution in [0.3, 0.4) is 0 Å². The van der Waals surface area contributed by atoms with Gasteiger partial charge in [0.05, 0.1) is 0 Å². The maximum Gasteiger partial charge on any atom is 0.130 e. The number of halogens is 2. The van der Waals surface area contributed by atoms with E-state index in [4.69, 9.17) is 17.0 Å². The summed E-state index contributed by atoms with van der Waals surface area (Å²) >= 11 is 6.45. The van der Waals surface area contributed by atoms with Crippen LogP contribution < -0.4 is 5.32 Å². The lowest BCUT2D eigenvalue weighted by atomic mass is 10.1. The van der Waals surface area contributed by atoms with Crippen molar-refractivity contribution in [1.82, 2.24) is 15.1 Å². The number of hydrogen-bond donors (Lipinski definition) is 2. The molecule has 28 heavy (non-hydrogen) atoms. The van der Waals surface area contributed by atoms with Crippen LogP contribution in [0.4, 0.5) is 4.39 Å². The summed E-state index contributed by atoms with van der Waals surface area (Å²) in [6, 6.07) is 3.21. The Morgan fingerprint density at radius 2 is 2.04 bits per heavy atom. The molecule has 1 aromatic carbocycles. The molecule has 2 N–H and O–H groups in total. The molecule has 2 aliphatic heterocycles. The van der Waals surface area contributed by atoms with Crippen LogP contribution in [-0.2, 0) is 6.54 Å². The molecule has 6 heteroatoms. The van der Waals surface area contributed by atoms with Crippen molar-refractivity contribution in [3.05, 3.63) is 58.1 Å². The second kappa shape index (κ2) is 9.97. The monoisotopic (exact) mass is 404 g/mol. The third-order valence-corrected chi connectivity index (χ3v) is 5.65. The third-order valence-electron chi connectivity index (χ3n) is 5.31. The first kappa shape index (κ1) is 20.7. The average molecular weight is 405 g/mol. The van der Waals surface area contributed by atoms with Crippen LogP contribution >= 0.6 is 11.6 Å². The zero-order chi connectivity index (χ0) is 19.9. The molecule has 2 fully saturated rings. The number of nitrogens with one attached hydrogen (secondary N) is 2. The van der Waals surface area contributed by atoms with Crippen molar-refractivity contribution in [3.8, 4) is 0 Å². The largest absolute Gasteiger partial charge is 0.370 e. The number of allylic oxidation sites excluding steroid dienone is 3. The van der Waals surface area contributed by atoms with Gasteiger partial charge in [0.25, 0.3) is 0 Å². The predicted molar refractivity (Wildman–Crippen MR) is 114 cm³/mol. The standard InChI is InChI=1S/C22H30ClFN4/c1-2-3-4-6-9-21-26-10-13-28(21)16-18-19(23)14-17(15-20(18)24)22(25)27-11-7-5-8-12-27/h4,6,9,14-15,25-26H,2-3,5,7-8,10-13,16H2,1H3/b6-4-,21-9+,25-22?. The molecule has 4 nitrogen and oxygen atoms in total. The summed E-state index contributed by atoms with van der Waals surface area (Å²) < 4.78 is 14.9. The van der Waals surface area contributed by atoms with Crippen LogP contribution in [0, 0.1) is 11.2 Å². The van der Waals surface area contributed by atoms with Crippen molar-refractivity contribution in [2.75, 3.05) is 26.2 Å². The Hall–Kier alpha value is -2.01. The van der Waals surface area contributed by atoms with E-state index in [1.807, 2.05) is 17.1 Å². The van der Waals surface area contributed by atoms with Crippen molar-refractivity contribution >= 4 is 17.4 Å². The van der Waals surface area contributed by atoms with Crippen LogP contribution in [0.15, 0.2) is 36.2 Å². The molecular weight excluding hydrogens is 375 g/mol. The third kappa shape index (κ3) is 5.07. The Morgan fingerprint density at radius 1 is 1.25 bits per heavy atom. The summed E-state index contributed by atoms with van der Waals surface area (Å²) in [5.41, 5.74) is 1.05. The molecule has 2 saturated heterocycles. The lowest BCUT2D eigenvalue weighted by Crippen LogP contribution is -2.35. The Kier molecular flexibility index (Phi) is 7.37. The van der Waals surface area contributed by atoms with Crippen molar-refractivity contribution in [2.24, 2.45) is 0 Å². The zero-order valence-corrected chi connectivity index (χ0v) is 17.4. The zero-order valence-electron chi connectivity index (χ0n) is 16.6. The van der Waals surface area contributed by atoms with Gasteiger partial charge in [-0.05, 0) is 43.9 Å². The smallest absolute Gasteiger partial charge is 0.130 e. The molecule has 0 saturated carbocycles. The number of benzene rings is 1. The maximum atomic E-state index is 14.9. The summed E-state index contributed by atoms with van der Waals surface area (Å²) in [6.45, 7) is 5.94. The molecule has 2 aliphatic rings. The molecule has 0 unspecified atom stereocenters.